The third-order valence-corrected chi connectivity index (χ3v) is 3.52. The van der Waals surface area contributed by atoms with Crippen LogP contribution in [0.2, 0.25) is 0 Å². The molecule has 0 bridgehead atoms. The van der Waals surface area contributed by atoms with Gasteiger partial charge in [0, 0.05) is 25.7 Å². The van der Waals surface area contributed by atoms with Gasteiger partial charge in [0.05, 0.1) is 5.60 Å². The second kappa shape index (κ2) is 5.65. The molecule has 4 heteroatoms. The quantitative estimate of drug-likeness (QED) is 0.649. The predicted octanol–water partition coefficient (Wildman–Crippen LogP) is 0.277. The SMILES string of the molecule is CN(C)CC(C)(O)CNC1CCNCC1(C)C. The molecule has 1 heterocycles. The maximum Gasteiger partial charge on any atom is 0.0869 e. The van der Waals surface area contributed by atoms with Crippen molar-refractivity contribution in [2.45, 2.75) is 38.8 Å². The maximum absolute atomic E-state index is 10.3. The van der Waals surface area contributed by atoms with Crippen LogP contribution in [-0.2, 0) is 0 Å². The van der Waals surface area contributed by atoms with Gasteiger partial charge in [-0.15, -0.1) is 0 Å². The molecule has 0 aromatic rings. The van der Waals surface area contributed by atoms with Crippen LogP contribution >= 0.6 is 0 Å². The Morgan fingerprint density at radius 3 is 2.65 bits per heavy atom. The van der Waals surface area contributed by atoms with E-state index < -0.39 is 5.60 Å². The normalized spacial score (nSPS) is 28.1. The highest BCUT2D eigenvalue weighted by Crippen LogP contribution is 2.25. The van der Waals surface area contributed by atoms with Crippen LogP contribution in [-0.4, -0.2) is 61.9 Å². The van der Waals surface area contributed by atoms with E-state index in [1.807, 2.05) is 25.9 Å². The number of aliphatic hydroxyl groups is 1. The van der Waals surface area contributed by atoms with E-state index in [4.69, 9.17) is 0 Å². The average molecular weight is 243 g/mol. The highest BCUT2D eigenvalue weighted by atomic mass is 16.3. The number of likely N-dealkylation sites (N-methyl/N-ethyl adjacent to an activating group) is 1. The van der Waals surface area contributed by atoms with Gasteiger partial charge in [0.25, 0.3) is 0 Å². The molecule has 3 N–H and O–H groups in total. The van der Waals surface area contributed by atoms with Crippen LogP contribution in [0.4, 0.5) is 0 Å². The van der Waals surface area contributed by atoms with Gasteiger partial charge in [0.2, 0.25) is 0 Å². The van der Waals surface area contributed by atoms with Gasteiger partial charge in [0.15, 0.2) is 0 Å². The zero-order valence-electron chi connectivity index (χ0n) is 12.0. The Bertz CT molecular complexity index is 239. The molecule has 0 aliphatic carbocycles. The number of hydrogen-bond donors (Lipinski definition) is 3. The molecule has 102 valence electrons. The van der Waals surface area contributed by atoms with Crippen molar-refractivity contribution in [1.29, 1.82) is 0 Å². The second-order valence-electron chi connectivity index (χ2n) is 6.62. The van der Waals surface area contributed by atoms with Gasteiger partial charge < -0.3 is 20.6 Å². The Hall–Kier alpha value is -0.160. The van der Waals surface area contributed by atoms with E-state index in [0.717, 1.165) is 19.5 Å². The molecule has 2 atom stereocenters. The van der Waals surface area contributed by atoms with Crippen molar-refractivity contribution in [3.63, 3.8) is 0 Å². The van der Waals surface area contributed by atoms with Gasteiger partial charge in [-0.1, -0.05) is 13.8 Å². The predicted molar refractivity (Wildman–Crippen MR) is 72.2 cm³/mol. The molecule has 0 amide bonds. The first kappa shape index (κ1) is 14.9. The molecule has 0 radical (unpaired) electrons. The van der Waals surface area contributed by atoms with Crippen molar-refractivity contribution in [3.8, 4) is 0 Å². The van der Waals surface area contributed by atoms with E-state index in [-0.39, 0.29) is 5.41 Å². The summed E-state index contributed by atoms with van der Waals surface area (Å²) in [5.74, 6) is 0. The van der Waals surface area contributed by atoms with Crippen LogP contribution in [0.3, 0.4) is 0 Å². The molecule has 1 aliphatic rings. The van der Waals surface area contributed by atoms with Crippen LogP contribution in [0, 0.1) is 5.41 Å². The summed E-state index contributed by atoms with van der Waals surface area (Å²) >= 11 is 0. The summed E-state index contributed by atoms with van der Waals surface area (Å²) in [5, 5.41) is 17.2. The highest BCUT2D eigenvalue weighted by molar-refractivity contribution is 4.92. The fourth-order valence-corrected chi connectivity index (χ4v) is 2.63. The van der Waals surface area contributed by atoms with Gasteiger partial charge in [-0.3, -0.25) is 0 Å². The van der Waals surface area contributed by atoms with E-state index >= 15 is 0 Å². The standard InChI is InChI=1S/C13H29N3O/c1-12(2)8-14-7-6-11(12)15-9-13(3,17)10-16(4)5/h11,14-15,17H,6-10H2,1-5H3. The molecular weight excluding hydrogens is 214 g/mol. The molecule has 1 aliphatic heterocycles. The maximum atomic E-state index is 10.3. The molecule has 1 fully saturated rings. The number of nitrogens with zero attached hydrogens (tertiary/aromatic N) is 1. The minimum Gasteiger partial charge on any atom is -0.388 e. The van der Waals surface area contributed by atoms with E-state index in [9.17, 15) is 5.11 Å². The Morgan fingerprint density at radius 2 is 2.12 bits per heavy atom. The minimum absolute atomic E-state index is 0.256. The van der Waals surface area contributed by atoms with E-state index in [2.05, 4.69) is 24.5 Å². The monoisotopic (exact) mass is 243 g/mol. The third-order valence-electron chi connectivity index (χ3n) is 3.52. The molecule has 17 heavy (non-hydrogen) atoms. The van der Waals surface area contributed by atoms with Crippen molar-refractivity contribution in [1.82, 2.24) is 15.5 Å². The number of rotatable bonds is 5. The smallest absolute Gasteiger partial charge is 0.0869 e. The first-order valence-corrected chi connectivity index (χ1v) is 6.54. The Labute approximate surface area is 106 Å². The van der Waals surface area contributed by atoms with Crippen LogP contribution in [0.5, 0.6) is 0 Å². The van der Waals surface area contributed by atoms with Crippen molar-refractivity contribution >= 4 is 0 Å². The zero-order valence-corrected chi connectivity index (χ0v) is 12.0. The van der Waals surface area contributed by atoms with Crippen molar-refractivity contribution in [2.75, 3.05) is 40.3 Å². The molecule has 4 nitrogen and oxygen atoms in total. The summed E-state index contributed by atoms with van der Waals surface area (Å²) in [6.45, 7) is 9.89. The lowest BCUT2D eigenvalue weighted by Crippen LogP contribution is -2.56. The Morgan fingerprint density at radius 1 is 1.47 bits per heavy atom. The van der Waals surface area contributed by atoms with Gasteiger partial charge in [0.1, 0.15) is 0 Å². The molecule has 1 rings (SSSR count). The Kier molecular flexibility index (Phi) is 4.95. The molecule has 0 saturated carbocycles. The fraction of sp³-hybridized carbons (Fsp3) is 1.00. The van der Waals surface area contributed by atoms with E-state index in [0.29, 0.717) is 19.1 Å². The number of hydrogen-bond acceptors (Lipinski definition) is 4. The van der Waals surface area contributed by atoms with Crippen LogP contribution in [0.15, 0.2) is 0 Å². The first-order valence-electron chi connectivity index (χ1n) is 6.54. The van der Waals surface area contributed by atoms with Crippen LogP contribution < -0.4 is 10.6 Å². The zero-order chi connectivity index (χ0) is 13.1. The molecular formula is C13H29N3O. The van der Waals surface area contributed by atoms with Crippen LogP contribution in [0.1, 0.15) is 27.2 Å². The highest BCUT2D eigenvalue weighted by Gasteiger charge is 2.33. The fourth-order valence-electron chi connectivity index (χ4n) is 2.63. The minimum atomic E-state index is -0.662. The molecule has 0 aromatic carbocycles. The average Bonchev–Trinajstić information content (AvgIpc) is 2.13. The van der Waals surface area contributed by atoms with E-state index in [1.165, 1.54) is 0 Å². The molecule has 0 aromatic heterocycles. The van der Waals surface area contributed by atoms with Crippen molar-refractivity contribution in [3.05, 3.63) is 0 Å². The summed E-state index contributed by atoms with van der Waals surface area (Å²) < 4.78 is 0. The largest absolute Gasteiger partial charge is 0.388 e. The summed E-state index contributed by atoms with van der Waals surface area (Å²) in [6, 6.07) is 0.484. The van der Waals surface area contributed by atoms with Gasteiger partial charge in [-0.2, -0.15) is 0 Å². The lowest BCUT2D eigenvalue weighted by atomic mass is 9.80. The first-order chi connectivity index (χ1) is 7.73. The van der Waals surface area contributed by atoms with Gasteiger partial charge >= 0.3 is 0 Å². The second-order valence-corrected chi connectivity index (χ2v) is 6.62. The van der Waals surface area contributed by atoms with Gasteiger partial charge in [-0.05, 0) is 39.4 Å². The third kappa shape index (κ3) is 4.92. The Balaban J connectivity index is 2.43. The molecule has 0 spiro atoms. The summed E-state index contributed by atoms with van der Waals surface area (Å²) in [6.07, 6.45) is 1.13. The molecule has 1 saturated heterocycles. The summed E-state index contributed by atoms with van der Waals surface area (Å²) in [5.41, 5.74) is -0.406. The lowest BCUT2D eigenvalue weighted by Gasteiger charge is -2.41. The summed E-state index contributed by atoms with van der Waals surface area (Å²) in [7, 11) is 3.98. The van der Waals surface area contributed by atoms with Gasteiger partial charge in [-0.25, -0.2) is 0 Å². The summed E-state index contributed by atoms with van der Waals surface area (Å²) in [4.78, 5) is 2.02. The van der Waals surface area contributed by atoms with Crippen molar-refractivity contribution in [2.24, 2.45) is 5.41 Å². The van der Waals surface area contributed by atoms with E-state index in [1.54, 1.807) is 0 Å². The number of piperidine rings is 1. The van der Waals surface area contributed by atoms with Crippen molar-refractivity contribution < 1.29 is 5.11 Å². The lowest BCUT2D eigenvalue weighted by molar-refractivity contribution is 0.0243. The molecule has 2 unspecified atom stereocenters. The van der Waals surface area contributed by atoms with Crippen LogP contribution in [0.25, 0.3) is 0 Å². The number of nitrogens with one attached hydrogen (secondary N) is 2. The topological polar surface area (TPSA) is 47.5 Å².